The van der Waals surface area contributed by atoms with Crippen LogP contribution in [0, 0.1) is 12.3 Å². The first kappa shape index (κ1) is 19.2. The van der Waals surface area contributed by atoms with Crippen molar-refractivity contribution in [3.8, 4) is 12.3 Å². The average molecular weight is 341 g/mol. The molecule has 0 spiro atoms. The number of aliphatic hydroxyl groups is 1. The molecule has 2 saturated heterocycles. The van der Waals surface area contributed by atoms with E-state index in [2.05, 4.69) is 11.2 Å². The number of ether oxygens (including phenoxy) is 4. The third kappa shape index (κ3) is 4.47. The molecule has 0 radical (unpaired) electrons. The molecule has 7 nitrogen and oxygen atoms in total. The molecule has 0 aromatic carbocycles. The maximum Gasteiger partial charge on any atom is 0.217 e. The maximum atomic E-state index is 11.6. The molecule has 24 heavy (non-hydrogen) atoms. The SMILES string of the molecule is C#CC[C@@H](O)[C@@H](NC(C)=O)[C@H]1OC(C)(C)O[C@@H]1[C@H]1COC(C)(C)O1. The summed E-state index contributed by atoms with van der Waals surface area (Å²) in [6.07, 6.45) is 2.93. The molecule has 7 heteroatoms. The van der Waals surface area contributed by atoms with Crippen LogP contribution in [0.1, 0.15) is 41.0 Å². The summed E-state index contributed by atoms with van der Waals surface area (Å²) >= 11 is 0. The van der Waals surface area contributed by atoms with E-state index in [1.807, 2.05) is 13.8 Å². The van der Waals surface area contributed by atoms with E-state index in [-0.39, 0.29) is 18.4 Å². The molecule has 2 aliphatic rings. The highest BCUT2D eigenvalue weighted by atomic mass is 16.8. The van der Waals surface area contributed by atoms with Gasteiger partial charge in [-0.1, -0.05) is 0 Å². The molecule has 1 amide bonds. The number of terminal acetylenes is 1. The second-order valence-electron chi connectivity index (χ2n) is 7.13. The standard InChI is InChI=1S/C17H27NO6/c1-7-8-11(20)13(18-10(2)19)15-14(23-17(5,6)24-15)12-9-21-16(3,4)22-12/h1,11-15,20H,8-9H2,2-6H3,(H,18,19)/t11-,12-,13-,14-,15-/m1/s1. The van der Waals surface area contributed by atoms with Gasteiger partial charge in [-0.25, -0.2) is 0 Å². The van der Waals surface area contributed by atoms with Crippen LogP contribution in [0.2, 0.25) is 0 Å². The monoisotopic (exact) mass is 341 g/mol. The summed E-state index contributed by atoms with van der Waals surface area (Å²) < 4.78 is 23.5. The molecule has 136 valence electrons. The molecule has 0 aliphatic carbocycles. The Morgan fingerprint density at radius 3 is 2.46 bits per heavy atom. The van der Waals surface area contributed by atoms with Crippen LogP contribution < -0.4 is 5.32 Å². The average Bonchev–Trinajstić information content (AvgIpc) is 2.95. The predicted molar refractivity (Wildman–Crippen MR) is 85.8 cm³/mol. The van der Waals surface area contributed by atoms with Gasteiger partial charge in [0.05, 0.1) is 18.8 Å². The van der Waals surface area contributed by atoms with Gasteiger partial charge in [-0.05, 0) is 27.7 Å². The largest absolute Gasteiger partial charge is 0.390 e. The minimum absolute atomic E-state index is 0.0888. The van der Waals surface area contributed by atoms with E-state index in [4.69, 9.17) is 25.4 Å². The molecule has 2 N–H and O–H groups in total. The molecule has 0 aromatic heterocycles. The molecule has 0 aromatic rings. The van der Waals surface area contributed by atoms with Crippen LogP contribution >= 0.6 is 0 Å². The van der Waals surface area contributed by atoms with Crippen molar-refractivity contribution in [3.05, 3.63) is 0 Å². The highest BCUT2D eigenvalue weighted by Crippen LogP contribution is 2.37. The zero-order valence-corrected chi connectivity index (χ0v) is 14.9. The first-order valence-electron chi connectivity index (χ1n) is 8.11. The molecule has 2 heterocycles. The molecule has 2 fully saturated rings. The number of carbonyl (C=O) groups excluding carboxylic acids is 1. The quantitative estimate of drug-likeness (QED) is 0.710. The van der Waals surface area contributed by atoms with Crippen molar-refractivity contribution in [1.29, 1.82) is 0 Å². The number of nitrogens with one attached hydrogen (secondary N) is 1. The molecular weight excluding hydrogens is 314 g/mol. The fourth-order valence-corrected chi connectivity index (χ4v) is 3.14. The van der Waals surface area contributed by atoms with Crippen LogP contribution in [0.15, 0.2) is 0 Å². The third-order valence-corrected chi connectivity index (χ3v) is 4.03. The Hall–Kier alpha value is -1.17. The van der Waals surface area contributed by atoms with Gasteiger partial charge in [0.25, 0.3) is 0 Å². The van der Waals surface area contributed by atoms with E-state index < -0.39 is 35.9 Å². The van der Waals surface area contributed by atoms with Gasteiger partial charge in [0.1, 0.15) is 18.3 Å². The molecule has 0 unspecified atom stereocenters. The van der Waals surface area contributed by atoms with Crippen molar-refractivity contribution >= 4 is 5.91 Å². The fraction of sp³-hybridized carbons (Fsp3) is 0.824. The second-order valence-corrected chi connectivity index (χ2v) is 7.13. The van der Waals surface area contributed by atoms with E-state index in [0.29, 0.717) is 6.61 Å². The van der Waals surface area contributed by atoms with Crippen LogP contribution in [0.3, 0.4) is 0 Å². The van der Waals surface area contributed by atoms with Gasteiger partial charge < -0.3 is 29.4 Å². The number of rotatable bonds is 5. The number of hydrogen-bond acceptors (Lipinski definition) is 6. The van der Waals surface area contributed by atoms with Gasteiger partial charge in [0, 0.05) is 13.3 Å². The Bertz CT molecular complexity index is 512. The Morgan fingerprint density at radius 1 is 1.29 bits per heavy atom. The maximum absolute atomic E-state index is 11.6. The van der Waals surface area contributed by atoms with Gasteiger partial charge in [-0.15, -0.1) is 12.3 Å². The minimum Gasteiger partial charge on any atom is -0.390 e. The van der Waals surface area contributed by atoms with Crippen molar-refractivity contribution < 1.29 is 28.8 Å². The molecule has 2 aliphatic heterocycles. The van der Waals surface area contributed by atoms with Gasteiger partial charge in [-0.3, -0.25) is 4.79 Å². The smallest absolute Gasteiger partial charge is 0.217 e. The first-order chi connectivity index (χ1) is 11.0. The van der Waals surface area contributed by atoms with E-state index in [1.54, 1.807) is 13.8 Å². The van der Waals surface area contributed by atoms with Gasteiger partial charge in [0.2, 0.25) is 5.91 Å². The van der Waals surface area contributed by atoms with E-state index >= 15 is 0 Å². The highest BCUT2D eigenvalue weighted by Gasteiger charge is 2.53. The lowest BCUT2D eigenvalue weighted by Gasteiger charge is -2.32. The van der Waals surface area contributed by atoms with Crippen molar-refractivity contribution in [1.82, 2.24) is 5.32 Å². The van der Waals surface area contributed by atoms with Crippen LogP contribution in [0.4, 0.5) is 0 Å². The zero-order chi connectivity index (χ0) is 18.1. The predicted octanol–water partition coefficient (Wildman–Crippen LogP) is 0.547. The van der Waals surface area contributed by atoms with Crippen molar-refractivity contribution in [3.63, 3.8) is 0 Å². The Labute approximate surface area is 143 Å². The summed E-state index contributed by atoms with van der Waals surface area (Å²) in [4.78, 5) is 11.6. The molecular formula is C17H27NO6. The fourth-order valence-electron chi connectivity index (χ4n) is 3.14. The molecule has 5 atom stereocenters. The van der Waals surface area contributed by atoms with Crippen LogP contribution in [-0.2, 0) is 23.7 Å². The zero-order valence-electron chi connectivity index (χ0n) is 14.9. The van der Waals surface area contributed by atoms with Crippen LogP contribution in [0.25, 0.3) is 0 Å². The molecule has 2 rings (SSSR count). The van der Waals surface area contributed by atoms with Crippen LogP contribution in [-0.4, -0.2) is 59.7 Å². The lowest BCUT2D eigenvalue weighted by Crippen LogP contribution is -2.56. The van der Waals surface area contributed by atoms with Gasteiger partial charge in [0.15, 0.2) is 11.6 Å². The summed E-state index contributed by atoms with van der Waals surface area (Å²) in [6, 6.07) is -0.711. The Balaban J connectivity index is 2.24. The van der Waals surface area contributed by atoms with Crippen LogP contribution in [0.5, 0.6) is 0 Å². The third-order valence-electron chi connectivity index (χ3n) is 4.03. The van der Waals surface area contributed by atoms with E-state index in [0.717, 1.165) is 0 Å². The second kappa shape index (κ2) is 6.98. The van der Waals surface area contributed by atoms with Crippen molar-refractivity contribution in [2.45, 2.75) is 83.1 Å². The Kier molecular flexibility index (Phi) is 5.57. The molecule has 0 bridgehead atoms. The number of aliphatic hydroxyl groups excluding tert-OH is 1. The summed E-state index contributed by atoms with van der Waals surface area (Å²) in [5.41, 5.74) is 0. The lowest BCUT2D eigenvalue weighted by molar-refractivity contribution is -0.175. The summed E-state index contributed by atoms with van der Waals surface area (Å²) in [7, 11) is 0. The number of hydrogen-bond donors (Lipinski definition) is 2. The Morgan fingerprint density at radius 2 is 1.96 bits per heavy atom. The minimum atomic E-state index is -0.959. The first-order valence-corrected chi connectivity index (χ1v) is 8.11. The molecule has 0 saturated carbocycles. The highest BCUT2D eigenvalue weighted by molar-refractivity contribution is 5.73. The summed E-state index contributed by atoms with van der Waals surface area (Å²) in [6.45, 7) is 8.91. The lowest BCUT2D eigenvalue weighted by atomic mass is 9.95. The van der Waals surface area contributed by atoms with Gasteiger partial charge in [-0.2, -0.15) is 0 Å². The number of amides is 1. The van der Waals surface area contributed by atoms with Crippen molar-refractivity contribution in [2.24, 2.45) is 0 Å². The van der Waals surface area contributed by atoms with E-state index in [9.17, 15) is 9.90 Å². The van der Waals surface area contributed by atoms with E-state index in [1.165, 1.54) is 6.92 Å². The topological polar surface area (TPSA) is 86.3 Å². The summed E-state index contributed by atoms with van der Waals surface area (Å²) in [5, 5.41) is 13.1. The van der Waals surface area contributed by atoms with Crippen molar-refractivity contribution in [2.75, 3.05) is 6.61 Å². The number of carbonyl (C=O) groups is 1. The summed E-state index contributed by atoms with van der Waals surface area (Å²) in [5.74, 6) is 0.531. The normalized spacial score (nSPS) is 33.6. The van der Waals surface area contributed by atoms with Gasteiger partial charge >= 0.3 is 0 Å².